The van der Waals surface area contributed by atoms with E-state index in [9.17, 15) is 9.59 Å². The number of carbonyl (C=O) groups excluding carboxylic acids is 1. The zero-order chi connectivity index (χ0) is 15.7. The van der Waals surface area contributed by atoms with Crippen LogP contribution in [0.25, 0.3) is 10.9 Å². The molecule has 1 aromatic carbocycles. The van der Waals surface area contributed by atoms with Crippen molar-refractivity contribution >= 4 is 34.0 Å². The van der Waals surface area contributed by atoms with E-state index < -0.39 is 5.97 Å². The third-order valence-electron chi connectivity index (χ3n) is 3.39. The molecule has 0 aliphatic heterocycles. The van der Waals surface area contributed by atoms with Gasteiger partial charge in [0.1, 0.15) is 5.69 Å². The maximum Gasteiger partial charge on any atom is 0.354 e. The normalized spacial score (nSPS) is 10.8. The summed E-state index contributed by atoms with van der Waals surface area (Å²) >= 11 is 1.46. The quantitative estimate of drug-likeness (QED) is 0.746. The number of aromatic carboxylic acids is 1. The number of benzene rings is 1. The molecule has 0 saturated carbocycles. The molecule has 5 heteroatoms. The van der Waals surface area contributed by atoms with Gasteiger partial charge in [-0.2, -0.15) is 0 Å². The summed E-state index contributed by atoms with van der Waals surface area (Å²) in [5.74, 6) is -1.05. The van der Waals surface area contributed by atoms with Crippen molar-refractivity contribution in [1.29, 1.82) is 0 Å². The molecular formula is C17H13NO3S. The van der Waals surface area contributed by atoms with Crippen molar-refractivity contribution in [3.63, 3.8) is 0 Å². The molecule has 0 amide bonds. The molecule has 1 N–H and O–H groups in total. The van der Waals surface area contributed by atoms with E-state index in [0.29, 0.717) is 10.4 Å². The van der Waals surface area contributed by atoms with Crippen LogP contribution in [0.4, 0.5) is 0 Å². The average molecular weight is 311 g/mol. The Kier molecular flexibility index (Phi) is 3.73. The number of aromatic nitrogens is 1. The Morgan fingerprint density at radius 3 is 2.64 bits per heavy atom. The topological polar surface area (TPSA) is 67.3 Å². The fourth-order valence-electron chi connectivity index (χ4n) is 2.31. The Morgan fingerprint density at radius 1 is 1.14 bits per heavy atom. The molecule has 2 heterocycles. The van der Waals surface area contributed by atoms with Gasteiger partial charge in [0.15, 0.2) is 5.78 Å². The highest BCUT2D eigenvalue weighted by atomic mass is 32.1. The Morgan fingerprint density at radius 2 is 1.95 bits per heavy atom. The van der Waals surface area contributed by atoms with Gasteiger partial charge in [0.25, 0.3) is 0 Å². The molecule has 4 nitrogen and oxygen atoms in total. The first kappa shape index (κ1) is 14.4. The van der Waals surface area contributed by atoms with Crippen LogP contribution in [0.2, 0.25) is 0 Å². The lowest BCUT2D eigenvalue weighted by atomic mass is 10.0. The van der Waals surface area contributed by atoms with Crippen molar-refractivity contribution in [3.8, 4) is 0 Å². The van der Waals surface area contributed by atoms with E-state index in [1.807, 2.05) is 37.3 Å². The maximum atomic E-state index is 12.4. The van der Waals surface area contributed by atoms with Gasteiger partial charge in [-0.1, -0.05) is 24.3 Å². The van der Waals surface area contributed by atoms with Gasteiger partial charge >= 0.3 is 5.97 Å². The smallest absolute Gasteiger partial charge is 0.354 e. The number of rotatable bonds is 4. The third kappa shape index (κ3) is 2.76. The molecule has 0 radical (unpaired) electrons. The van der Waals surface area contributed by atoms with Crippen LogP contribution in [0.15, 0.2) is 42.5 Å². The third-order valence-corrected chi connectivity index (χ3v) is 4.43. The summed E-state index contributed by atoms with van der Waals surface area (Å²) in [6, 6.07) is 12.5. The van der Waals surface area contributed by atoms with Gasteiger partial charge in [-0.3, -0.25) is 4.79 Å². The summed E-state index contributed by atoms with van der Waals surface area (Å²) in [4.78, 5) is 29.4. The zero-order valence-corrected chi connectivity index (χ0v) is 12.7. The number of fused-ring (bicyclic) bond motifs is 1. The van der Waals surface area contributed by atoms with Gasteiger partial charge in [0.2, 0.25) is 0 Å². The fourth-order valence-corrected chi connectivity index (χ4v) is 3.12. The summed E-state index contributed by atoms with van der Waals surface area (Å²) in [5, 5.41) is 9.90. The number of thiophene rings is 1. The highest BCUT2D eigenvalue weighted by Gasteiger charge is 2.13. The second kappa shape index (κ2) is 5.69. The van der Waals surface area contributed by atoms with Gasteiger partial charge in [-0.05, 0) is 30.7 Å². The van der Waals surface area contributed by atoms with Crippen LogP contribution < -0.4 is 0 Å². The van der Waals surface area contributed by atoms with Crippen LogP contribution in [-0.4, -0.2) is 21.8 Å². The van der Waals surface area contributed by atoms with Crippen molar-refractivity contribution in [2.45, 2.75) is 13.3 Å². The number of hydrogen-bond acceptors (Lipinski definition) is 4. The number of nitrogens with zero attached hydrogens (tertiary/aromatic N) is 1. The number of carboxylic acids is 1. The van der Waals surface area contributed by atoms with Crippen LogP contribution in [0, 0.1) is 6.92 Å². The number of hydrogen-bond donors (Lipinski definition) is 1. The molecule has 22 heavy (non-hydrogen) atoms. The van der Waals surface area contributed by atoms with E-state index in [-0.39, 0.29) is 17.9 Å². The minimum absolute atomic E-state index is 0.0145. The number of pyridine rings is 1. The number of ketones is 1. The number of carboxylic acid groups (broad SMARTS) is 1. The first-order valence-corrected chi connectivity index (χ1v) is 7.58. The molecule has 110 valence electrons. The zero-order valence-electron chi connectivity index (χ0n) is 11.9. The van der Waals surface area contributed by atoms with E-state index >= 15 is 0 Å². The van der Waals surface area contributed by atoms with Crippen molar-refractivity contribution in [3.05, 3.63) is 63.5 Å². The monoisotopic (exact) mass is 311 g/mol. The highest BCUT2D eigenvalue weighted by Crippen LogP contribution is 2.22. The standard InChI is InChI=1S/C17H13NO3S/c1-10-5-8-15(22-10)14(19)9-12-4-2-3-11-6-7-13(17(20)21)18-16(11)12/h2-8H,9H2,1H3,(H,20,21). The number of carbonyl (C=O) groups is 2. The molecule has 0 fully saturated rings. The second-order valence-corrected chi connectivity index (χ2v) is 6.29. The molecule has 3 aromatic rings. The summed E-state index contributed by atoms with van der Waals surface area (Å²) in [7, 11) is 0. The second-order valence-electron chi connectivity index (χ2n) is 5.00. The molecule has 0 aliphatic rings. The Bertz CT molecular complexity index is 882. The number of Topliss-reactive ketones (excluding diaryl/α,β-unsaturated/α-hetero) is 1. The maximum absolute atomic E-state index is 12.4. The number of aryl methyl sites for hydroxylation is 1. The molecule has 0 unspecified atom stereocenters. The first-order valence-electron chi connectivity index (χ1n) is 6.76. The summed E-state index contributed by atoms with van der Waals surface area (Å²) in [6.07, 6.45) is 0.216. The Labute approximate surface area is 131 Å². The summed E-state index contributed by atoms with van der Waals surface area (Å²) in [6.45, 7) is 1.96. The van der Waals surface area contributed by atoms with E-state index in [1.54, 1.807) is 6.07 Å². The molecule has 0 saturated heterocycles. The molecule has 0 spiro atoms. The van der Waals surface area contributed by atoms with Crippen molar-refractivity contribution < 1.29 is 14.7 Å². The van der Waals surface area contributed by atoms with Gasteiger partial charge in [-0.15, -0.1) is 11.3 Å². The van der Waals surface area contributed by atoms with Crippen LogP contribution >= 0.6 is 11.3 Å². The molecule has 0 aliphatic carbocycles. The van der Waals surface area contributed by atoms with E-state index in [2.05, 4.69) is 4.98 Å². The van der Waals surface area contributed by atoms with Gasteiger partial charge in [0, 0.05) is 16.7 Å². The van der Waals surface area contributed by atoms with Gasteiger partial charge in [0.05, 0.1) is 10.4 Å². The fraction of sp³-hybridized carbons (Fsp3) is 0.118. The highest BCUT2D eigenvalue weighted by molar-refractivity contribution is 7.14. The minimum atomic E-state index is -1.07. The largest absolute Gasteiger partial charge is 0.477 e. The van der Waals surface area contributed by atoms with Gasteiger partial charge in [-0.25, -0.2) is 9.78 Å². The van der Waals surface area contributed by atoms with Crippen LogP contribution in [0.5, 0.6) is 0 Å². The lowest BCUT2D eigenvalue weighted by molar-refractivity contribution is 0.0690. The molecular weight excluding hydrogens is 298 g/mol. The summed E-state index contributed by atoms with van der Waals surface area (Å²) in [5.41, 5.74) is 1.31. The Hall–Kier alpha value is -2.53. The summed E-state index contributed by atoms with van der Waals surface area (Å²) < 4.78 is 0. The minimum Gasteiger partial charge on any atom is -0.477 e. The van der Waals surface area contributed by atoms with Crippen LogP contribution in [0.1, 0.15) is 30.6 Å². The lowest BCUT2D eigenvalue weighted by Crippen LogP contribution is -2.05. The van der Waals surface area contributed by atoms with E-state index in [0.717, 1.165) is 15.8 Å². The first-order chi connectivity index (χ1) is 10.5. The Balaban J connectivity index is 2.01. The predicted molar refractivity (Wildman–Crippen MR) is 85.8 cm³/mol. The van der Waals surface area contributed by atoms with Gasteiger partial charge < -0.3 is 5.11 Å². The van der Waals surface area contributed by atoms with Crippen LogP contribution in [-0.2, 0) is 6.42 Å². The van der Waals surface area contributed by atoms with Crippen molar-refractivity contribution in [2.75, 3.05) is 0 Å². The predicted octanol–water partition coefficient (Wildman–Crippen LogP) is 3.73. The molecule has 2 aromatic heterocycles. The van der Waals surface area contributed by atoms with E-state index in [4.69, 9.17) is 5.11 Å². The van der Waals surface area contributed by atoms with Crippen molar-refractivity contribution in [2.24, 2.45) is 0 Å². The number of para-hydroxylation sites is 1. The molecule has 0 bridgehead atoms. The van der Waals surface area contributed by atoms with E-state index in [1.165, 1.54) is 17.4 Å². The average Bonchev–Trinajstić information content (AvgIpc) is 2.94. The van der Waals surface area contributed by atoms with Crippen molar-refractivity contribution in [1.82, 2.24) is 4.98 Å². The SMILES string of the molecule is Cc1ccc(C(=O)Cc2cccc3ccc(C(=O)O)nc23)s1. The molecule has 0 atom stereocenters. The van der Waals surface area contributed by atoms with Crippen LogP contribution in [0.3, 0.4) is 0 Å². The molecule has 3 rings (SSSR count). The lowest BCUT2D eigenvalue weighted by Gasteiger charge is -2.05.